The monoisotopic (exact) mass is 279 g/mol. The number of urea groups is 1. The number of amides is 2. The molecule has 0 spiro atoms. The van der Waals surface area contributed by atoms with Gasteiger partial charge in [0.25, 0.3) is 0 Å². The lowest BCUT2D eigenvalue weighted by Crippen LogP contribution is -2.40. The van der Waals surface area contributed by atoms with Crippen molar-refractivity contribution >= 4 is 17.4 Å². The van der Waals surface area contributed by atoms with Crippen LogP contribution < -0.4 is 15.5 Å². The standard InChI is InChI=1S/C15H25N3O2/c1-5-12(11-20-4)16-15(19)17-13-9-7-8-10-14(13)18(3)6-2/h7-10,12H,5-6,11H2,1-4H3,(H2,16,17,19)/t12-/m0/s1. The second-order valence-electron chi connectivity index (χ2n) is 4.69. The van der Waals surface area contributed by atoms with Gasteiger partial charge < -0.3 is 20.3 Å². The molecule has 0 bridgehead atoms. The first kappa shape index (κ1) is 16.3. The minimum absolute atomic E-state index is 0.0241. The largest absolute Gasteiger partial charge is 0.383 e. The number of methoxy groups -OCH3 is 1. The van der Waals surface area contributed by atoms with Gasteiger partial charge >= 0.3 is 6.03 Å². The van der Waals surface area contributed by atoms with E-state index in [1.165, 1.54) is 0 Å². The van der Waals surface area contributed by atoms with Crippen molar-refractivity contribution in [2.75, 3.05) is 37.5 Å². The molecule has 5 heteroatoms. The number of hydrogen-bond donors (Lipinski definition) is 2. The lowest BCUT2D eigenvalue weighted by atomic mass is 10.2. The highest BCUT2D eigenvalue weighted by Gasteiger charge is 2.12. The number of carbonyl (C=O) groups excluding carboxylic acids is 1. The second kappa shape index (κ2) is 8.43. The number of nitrogens with zero attached hydrogens (tertiary/aromatic N) is 1. The van der Waals surface area contributed by atoms with Crippen molar-refractivity contribution < 1.29 is 9.53 Å². The van der Waals surface area contributed by atoms with Crippen LogP contribution in [0, 0.1) is 0 Å². The fraction of sp³-hybridized carbons (Fsp3) is 0.533. The van der Waals surface area contributed by atoms with E-state index in [9.17, 15) is 4.79 Å². The van der Waals surface area contributed by atoms with Gasteiger partial charge in [0.1, 0.15) is 0 Å². The van der Waals surface area contributed by atoms with E-state index >= 15 is 0 Å². The van der Waals surface area contributed by atoms with Gasteiger partial charge in [0.15, 0.2) is 0 Å². The molecule has 0 unspecified atom stereocenters. The second-order valence-corrected chi connectivity index (χ2v) is 4.69. The van der Waals surface area contributed by atoms with Crippen LogP contribution in [0.3, 0.4) is 0 Å². The summed E-state index contributed by atoms with van der Waals surface area (Å²) in [6.07, 6.45) is 0.831. The molecule has 0 saturated heterocycles. The van der Waals surface area contributed by atoms with Crippen LogP contribution in [0.2, 0.25) is 0 Å². The van der Waals surface area contributed by atoms with Crippen molar-refractivity contribution in [2.45, 2.75) is 26.3 Å². The van der Waals surface area contributed by atoms with Crippen LogP contribution >= 0.6 is 0 Å². The average Bonchev–Trinajstić information content (AvgIpc) is 2.46. The van der Waals surface area contributed by atoms with Gasteiger partial charge in [-0.2, -0.15) is 0 Å². The molecular formula is C15H25N3O2. The quantitative estimate of drug-likeness (QED) is 0.807. The van der Waals surface area contributed by atoms with Crippen molar-refractivity contribution in [3.8, 4) is 0 Å². The summed E-state index contributed by atoms with van der Waals surface area (Å²) in [7, 11) is 3.63. The molecule has 0 saturated carbocycles. The van der Waals surface area contributed by atoms with Crippen LogP contribution in [0.25, 0.3) is 0 Å². The molecule has 0 radical (unpaired) electrons. The SMILES string of the molecule is CC[C@@H](COC)NC(=O)Nc1ccccc1N(C)CC. The maximum absolute atomic E-state index is 12.0. The first-order valence-corrected chi connectivity index (χ1v) is 6.98. The molecule has 2 N–H and O–H groups in total. The first-order valence-electron chi connectivity index (χ1n) is 6.98. The number of ether oxygens (including phenoxy) is 1. The van der Waals surface area contributed by atoms with Crippen LogP contribution in [0.5, 0.6) is 0 Å². The smallest absolute Gasteiger partial charge is 0.319 e. The fourth-order valence-electron chi connectivity index (χ4n) is 1.89. The maximum atomic E-state index is 12.0. The third-order valence-electron chi connectivity index (χ3n) is 3.23. The number of para-hydroxylation sites is 2. The van der Waals surface area contributed by atoms with Gasteiger partial charge in [-0.05, 0) is 25.5 Å². The zero-order chi connectivity index (χ0) is 15.0. The molecule has 0 aliphatic rings. The van der Waals surface area contributed by atoms with Crippen molar-refractivity contribution in [2.24, 2.45) is 0 Å². The molecule has 112 valence electrons. The highest BCUT2D eigenvalue weighted by molar-refractivity contribution is 5.93. The lowest BCUT2D eigenvalue weighted by molar-refractivity contribution is 0.165. The summed E-state index contributed by atoms with van der Waals surface area (Å²) in [6, 6.07) is 7.59. The minimum Gasteiger partial charge on any atom is -0.383 e. The molecular weight excluding hydrogens is 254 g/mol. The molecule has 1 aromatic carbocycles. The van der Waals surface area contributed by atoms with Gasteiger partial charge in [0.2, 0.25) is 0 Å². The summed E-state index contributed by atoms with van der Waals surface area (Å²) < 4.78 is 5.07. The molecule has 0 aliphatic heterocycles. The lowest BCUT2D eigenvalue weighted by Gasteiger charge is -2.22. The molecule has 0 heterocycles. The number of carbonyl (C=O) groups is 1. The topological polar surface area (TPSA) is 53.6 Å². The molecule has 0 aliphatic carbocycles. The molecule has 1 atom stereocenters. The minimum atomic E-state index is -0.203. The highest BCUT2D eigenvalue weighted by atomic mass is 16.5. The summed E-state index contributed by atoms with van der Waals surface area (Å²) in [5.74, 6) is 0. The average molecular weight is 279 g/mol. The summed E-state index contributed by atoms with van der Waals surface area (Å²) in [6.45, 7) is 5.48. The number of benzene rings is 1. The Hall–Kier alpha value is -1.75. The Balaban J connectivity index is 2.70. The van der Waals surface area contributed by atoms with Gasteiger partial charge in [-0.3, -0.25) is 0 Å². The van der Waals surface area contributed by atoms with Crippen molar-refractivity contribution in [3.63, 3.8) is 0 Å². The first-order chi connectivity index (χ1) is 9.62. The summed E-state index contributed by atoms with van der Waals surface area (Å²) in [5.41, 5.74) is 1.81. The van der Waals surface area contributed by atoms with Gasteiger partial charge in [0, 0.05) is 20.7 Å². The normalized spacial score (nSPS) is 11.8. The number of hydrogen-bond acceptors (Lipinski definition) is 3. The number of anilines is 2. The third-order valence-corrected chi connectivity index (χ3v) is 3.23. The Morgan fingerprint density at radius 1 is 1.35 bits per heavy atom. The van der Waals surface area contributed by atoms with Crippen LogP contribution in [-0.2, 0) is 4.74 Å². The van der Waals surface area contributed by atoms with E-state index in [4.69, 9.17) is 4.74 Å². The summed E-state index contributed by atoms with van der Waals surface area (Å²) in [4.78, 5) is 14.1. The highest BCUT2D eigenvalue weighted by Crippen LogP contribution is 2.24. The zero-order valence-corrected chi connectivity index (χ0v) is 12.8. The van der Waals surface area contributed by atoms with Crippen LogP contribution in [0.1, 0.15) is 20.3 Å². The van der Waals surface area contributed by atoms with E-state index in [0.717, 1.165) is 24.3 Å². The van der Waals surface area contributed by atoms with Gasteiger partial charge in [-0.25, -0.2) is 4.79 Å². The predicted octanol–water partition coefficient (Wildman–Crippen LogP) is 2.69. The van der Waals surface area contributed by atoms with E-state index in [-0.39, 0.29) is 12.1 Å². The molecule has 1 aromatic rings. The number of rotatable bonds is 7. The van der Waals surface area contributed by atoms with Crippen LogP contribution in [-0.4, -0.2) is 39.4 Å². The number of nitrogens with one attached hydrogen (secondary N) is 2. The van der Waals surface area contributed by atoms with Crippen molar-refractivity contribution in [1.82, 2.24) is 5.32 Å². The Bertz CT molecular complexity index is 423. The Morgan fingerprint density at radius 3 is 2.65 bits per heavy atom. The fourth-order valence-corrected chi connectivity index (χ4v) is 1.89. The van der Waals surface area contributed by atoms with Gasteiger partial charge in [0.05, 0.1) is 24.0 Å². The molecule has 2 amide bonds. The van der Waals surface area contributed by atoms with Crippen molar-refractivity contribution in [3.05, 3.63) is 24.3 Å². The van der Waals surface area contributed by atoms with Gasteiger partial charge in [-0.1, -0.05) is 19.1 Å². The van der Waals surface area contributed by atoms with E-state index in [2.05, 4.69) is 22.5 Å². The van der Waals surface area contributed by atoms with E-state index in [1.54, 1.807) is 7.11 Å². The van der Waals surface area contributed by atoms with Crippen LogP contribution in [0.4, 0.5) is 16.2 Å². The van der Waals surface area contributed by atoms with Crippen LogP contribution in [0.15, 0.2) is 24.3 Å². The summed E-state index contributed by atoms with van der Waals surface area (Å²) >= 11 is 0. The summed E-state index contributed by atoms with van der Waals surface area (Å²) in [5, 5.41) is 5.81. The molecule has 5 nitrogen and oxygen atoms in total. The van der Waals surface area contributed by atoms with E-state index in [0.29, 0.717) is 6.61 Å². The molecule has 20 heavy (non-hydrogen) atoms. The van der Waals surface area contributed by atoms with Crippen molar-refractivity contribution in [1.29, 1.82) is 0 Å². The predicted molar refractivity (Wildman–Crippen MR) is 83.5 cm³/mol. The molecule has 1 rings (SSSR count). The molecule has 0 aromatic heterocycles. The Labute approximate surface area is 121 Å². The van der Waals surface area contributed by atoms with E-state index < -0.39 is 0 Å². The zero-order valence-electron chi connectivity index (χ0n) is 12.8. The Morgan fingerprint density at radius 2 is 2.05 bits per heavy atom. The molecule has 0 fully saturated rings. The third kappa shape index (κ3) is 4.74. The maximum Gasteiger partial charge on any atom is 0.319 e. The van der Waals surface area contributed by atoms with Gasteiger partial charge in [-0.15, -0.1) is 0 Å². The Kier molecular flexibility index (Phi) is 6.87. The van der Waals surface area contributed by atoms with E-state index in [1.807, 2.05) is 38.2 Å².